The average molecular weight is 539 g/mol. The molecule has 2 aromatic carbocycles. The lowest BCUT2D eigenvalue weighted by molar-refractivity contribution is -0.138. The van der Waals surface area contributed by atoms with Crippen LogP contribution in [0.25, 0.3) is 0 Å². The smallest absolute Gasteiger partial charge is 0.320 e. The number of aromatic amines is 1. The van der Waals surface area contributed by atoms with E-state index in [1.807, 2.05) is 0 Å². The summed E-state index contributed by atoms with van der Waals surface area (Å²) in [5.74, 6) is -0.0345. The van der Waals surface area contributed by atoms with Crippen LogP contribution in [0, 0.1) is 0 Å². The number of hydrogen-bond acceptors (Lipinski definition) is 6. The molecule has 0 aliphatic rings. The summed E-state index contributed by atoms with van der Waals surface area (Å²) >= 11 is 6.88. The Kier molecular flexibility index (Phi) is 6.91. The van der Waals surface area contributed by atoms with Crippen molar-refractivity contribution in [3.63, 3.8) is 0 Å². The van der Waals surface area contributed by atoms with Crippen LogP contribution in [0.5, 0.6) is 17.2 Å². The lowest BCUT2D eigenvalue weighted by Gasteiger charge is -2.14. The van der Waals surface area contributed by atoms with Crippen molar-refractivity contribution in [3.05, 3.63) is 78.6 Å². The quantitative estimate of drug-likeness (QED) is 0.362. The summed E-state index contributed by atoms with van der Waals surface area (Å²) in [6.07, 6.45) is 0.469. The highest BCUT2D eigenvalue weighted by molar-refractivity contribution is 9.11. The molecule has 156 valence electrons. The molecule has 0 aliphatic carbocycles. The Hall–Kier alpha value is -2.69. The number of nitrogens with two attached hydrogens (primary N) is 1. The molecular weight excluding hydrogens is 522 g/mol. The SMILES string of the molecule is N[C@H](Cc1cc(Br)c(Oc2ccc(O)c(Cc3ccc(=O)[nH]n3)c2)c(Br)c1)C(=O)O. The number of phenolic OH excluding ortho intramolecular Hbond substituents is 1. The lowest BCUT2D eigenvalue weighted by atomic mass is 10.1. The van der Waals surface area contributed by atoms with Crippen LogP contribution >= 0.6 is 31.9 Å². The number of carboxylic acid groups (broad SMARTS) is 1. The number of H-pyrrole nitrogens is 1. The summed E-state index contributed by atoms with van der Waals surface area (Å²) in [5.41, 5.74) is 7.19. The maximum absolute atomic E-state index is 11.1. The Bertz CT molecular complexity index is 1110. The number of phenols is 1. The standard InChI is InChI=1S/C20H17Br2N3O5/c21-14-5-10(7-16(23)20(28)29)6-15(22)19(14)30-13-2-3-17(26)11(9-13)8-12-1-4-18(27)25-24-12/h1-6,9,16,26H,7-8,23H2,(H,25,27)(H,28,29)/t16-/m1/s1. The number of nitrogens with one attached hydrogen (secondary N) is 1. The molecule has 30 heavy (non-hydrogen) atoms. The van der Waals surface area contributed by atoms with Crippen LogP contribution in [0.15, 0.2) is 56.2 Å². The number of halogens is 2. The molecule has 8 nitrogen and oxygen atoms in total. The number of carboxylic acids is 1. The molecule has 1 atom stereocenters. The fourth-order valence-corrected chi connectivity index (χ4v) is 4.16. The molecule has 0 unspecified atom stereocenters. The van der Waals surface area contributed by atoms with Crippen molar-refractivity contribution in [3.8, 4) is 17.2 Å². The normalized spacial score (nSPS) is 11.8. The first-order valence-electron chi connectivity index (χ1n) is 8.73. The van der Waals surface area contributed by atoms with Gasteiger partial charge in [-0.25, -0.2) is 5.10 Å². The van der Waals surface area contributed by atoms with Crippen molar-refractivity contribution in [2.75, 3.05) is 0 Å². The second kappa shape index (κ2) is 9.41. The molecule has 0 spiro atoms. The number of ether oxygens (including phenoxy) is 1. The number of aliphatic carboxylic acids is 1. The summed E-state index contributed by atoms with van der Waals surface area (Å²) in [6, 6.07) is 10.2. The monoisotopic (exact) mass is 537 g/mol. The highest BCUT2D eigenvalue weighted by Crippen LogP contribution is 2.39. The van der Waals surface area contributed by atoms with E-state index in [9.17, 15) is 14.7 Å². The fraction of sp³-hybridized carbons (Fsp3) is 0.150. The Labute approximate surface area is 188 Å². The summed E-state index contributed by atoms with van der Waals surface area (Å²) in [5, 5.41) is 25.4. The highest BCUT2D eigenvalue weighted by atomic mass is 79.9. The number of nitrogens with zero attached hydrogens (tertiary/aromatic N) is 1. The van der Waals surface area contributed by atoms with Gasteiger partial charge in [0.1, 0.15) is 17.5 Å². The first-order valence-corrected chi connectivity index (χ1v) is 10.3. The van der Waals surface area contributed by atoms with Gasteiger partial charge in [0.25, 0.3) is 5.56 Å². The first kappa shape index (κ1) is 22.0. The molecule has 0 saturated heterocycles. The number of aromatic hydroxyl groups is 1. The third-order valence-electron chi connectivity index (χ3n) is 4.21. The molecule has 3 rings (SSSR count). The van der Waals surface area contributed by atoms with E-state index < -0.39 is 12.0 Å². The maximum Gasteiger partial charge on any atom is 0.320 e. The molecule has 0 saturated carbocycles. The maximum atomic E-state index is 11.1. The number of hydrogen-bond donors (Lipinski definition) is 4. The second-order valence-corrected chi connectivity index (χ2v) is 8.23. The third kappa shape index (κ3) is 5.47. The Morgan fingerprint density at radius 1 is 1.17 bits per heavy atom. The minimum Gasteiger partial charge on any atom is -0.508 e. The molecule has 10 heteroatoms. The van der Waals surface area contributed by atoms with Crippen LogP contribution < -0.4 is 16.0 Å². The number of carbonyl (C=O) groups is 1. The highest BCUT2D eigenvalue weighted by Gasteiger charge is 2.16. The van der Waals surface area contributed by atoms with Gasteiger partial charge in [0.15, 0.2) is 5.75 Å². The van der Waals surface area contributed by atoms with E-state index >= 15 is 0 Å². The van der Waals surface area contributed by atoms with Crippen molar-refractivity contribution in [2.24, 2.45) is 5.73 Å². The van der Waals surface area contributed by atoms with Crippen molar-refractivity contribution in [2.45, 2.75) is 18.9 Å². The summed E-state index contributed by atoms with van der Waals surface area (Å²) in [6.45, 7) is 0. The van der Waals surface area contributed by atoms with Crippen molar-refractivity contribution in [1.82, 2.24) is 10.2 Å². The summed E-state index contributed by atoms with van der Waals surface area (Å²) < 4.78 is 7.19. The molecule has 1 aromatic heterocycles. The van der Waals surface area contributed by atoms with Crippen LogP contribution in [0.4, 0.5) is 0 Å². The minimum atomic E-state index is -1.07. The van der Waals surface area contributed by atoms with Crippen LogP contribution in [0.3, 0.4) is 0 Å². The zero-order valence-corrected chi connectivity index (χ0v) is 18.6. The Morgan fingerprint density at radius 3 is 2.47 bits per heavy atom. The predicted octanol–water partition coefficient (Wildman–Crippen LogP) is 3.34. The van der Waals surface area contributed by atoms with Gasteiger partial charge >= 0.3 is 5.97 Å². The molecule has 1 heterocycles. The Morgan fingerprint density at radius 2 is 1.87 bits per heavy atom. The van der Waals surface area contributed by atoms with E-state index in [1.165, 1.54) is 12.1 Å². The number of benzene rings is 2. The van der Waals surface area contributed by atoms with Gasteiger partial charge in [-0.1, -0.05) is 0 Å². The van der Waals surface area contributed by atoms with Crippen LogP contribution in [-0.2, 0) is 17.6 Å². The molecule has 0 amide bonds. The average Bonchev–Trinajstić information content (AvgIpc) is 2.68. The van der Waals surface area contributed by atoms with Gasteiger partial charge in [-0.3, -0.25) is 9.59 Å². The molecule has 0 radical (unpaired) electrons. The Balaban J connectivity index is 1.83. The molecule has 0 aliphatic heterocycles. The van der Waals surface area contributed by atoms with Gasteiger partial charge in [-0.05, 0) is 80.2 Å². The molecule has 0 bridgehead atoms. The minimum absolute atomic E-state index is 0.0755. The topological polar surface area (TPSA) is 139 Å². The molecule has 3 aromatic rings. The zero-order chi connectivity index (χ0) is 21.8. The number of aromatic nitrogens is 2. The van der Waals surface area contributed by atoms with Crippen LogP contribution in [0.2, 0.25) is 0 Å². The molecular formula is C20H17Br2N3O5. The lowest BCUT2D eigenvalue weighted by Crippen LogP contribution is -2.32. The van der Waals surface area contributed by atoms with Gasteiger partial charge in [0.2, 0.25) is 0 Å². The number of rotatable bonds is 7. The first-order chi connectivity index (χ1) is 14.2. The fourth-order valence-electron chi connectivity index (χ4n) is 2.72. The zero-order valence-electron chi connectivity index (χ0n) is 15.4. The van der Waals surface area contributed by atoms with E-state index in [2.05, 4.69) is 42.1 Å². The molecule has 0 fully saturated rings. The van der Waals surface area contributed by atoms with Gasteiger partial charge in [-0.15, -0.1) is 0 Å². The van der Waals surface area contributed by atoms with E-state index in [1.54, 1.807) is 30.3 Å². The van der Waals surface area contributed by atoms with E-state index in [-0.39, 0.29) is 17.7 Å². The van der Waals surface area contributed by atoms with E-state index in [0.29, 0.717) is 38.1 Å². The van der Waals surface area contributed by atoms with Crippen LogP contribution in [0.1, 0.15) is 16.8 Å². The van der Waals surface area contributed by atoms with Crippen molar-refractivity contribution < 1.29 is 19.7 Å². The summed E-state index contributed by atoms with van der Waals surface area (Å²) in [4.78, 5) is 22.1. The van der Waals surface area contributed by atoms with Crippen LogP contribution in [-0.4, -0.2) is 32.4 Å². The third-order valence-corrected chi connectivity index (χ3v) is 5.39. The van der Waals surface area contributed by atoms with Gasteiger partial charge in [-0.2, -0.15) is 5.10 Å². The van der Waals surface area contributed by atoms with Crippen molar-refractivity contribution >= 4 is 37.8 Å². The largest absolute Gasteiger partial charge is 0.508 e. The second-order valence-electron chi connectivity index (χ2n) is 6.52. The van der Waals surface area contributed by atoms with E-state index in [4.69, 9.17) is 15.6 Å². The summed E-state index contributed by atoms with van der Waals surface area (Å²) in [7, 11) is 0. The molecule has 5 N–H and O–H groups in total. The van der Waals surface area contributed by atoms with Gasteiger partial charge in [0.05, 0.1) is 14.6 Å². The predicted molar refractivity (Wildman–Crippen MR) is 117 cm³/mol. The van der Waals surface area contributed by atoms with Gasteiger partial charge < -0.3 is 20.7 Å². The van der Waals surface area contributed by atoms with Crippen molar-refractivity contribution in [1.29, 1.82) is 0 Å². The van der Waals surface area contributed by atoms with E-state index in [0.717, 1.165) is 5.56 Å². The van der Waals surface area contributed by atoms with Gasteiger partial charge in [0, 0.05) is 18.1 Å².